The normalized spacial score (nSPS) is 10.1. The SMILES string of the molecule is CCOC(=O)Nc1ccc(C(=O)OCC(=O)Nc2ccc(C(=O)N(CC)CC)cc2)cc1. The van der Waals surface area contributed by atoms with Crippen LogP contribution in [0.15, 0.2) is 48.5 Å². The van der Waals surface area contributed by atoms with Gasteiger partial charge in [0.1, 0.15) is 0 Å². The number of carbonyl (C=O) groups excluding carboxylic acids is 4. The van der Waals surface area contributed by atoms with E-state index < -0.39 is 24.6 Å². The molecule has 2 aromatic carbocycles. The predicted molar refractivity (Wildman–Crippen MR) is 120 cm³/mol. The largest absolute Gasteiger partial charge is 0.452 e. The highest BCUT2D eigenvalue weighted by molar-refractivity contribution is 5.97. The fourth-order valence-electron chi connectivity index (χ4n) is 2.78. The Kier molecular flexibility index (Phi) is 9.22. The first-order valence-corrected chi connectivity index (χ1v) is 10.3. The number of carbonyl (C=O) groups is 4. The van der Waals surface area contributed by atoms with E-state index in [0.717, 1.165) is 0 Å². The Morgan fingerprint density at radius 3 is 1.81 bits per heavy atom. The van der Waals surface area contributed by atoms with Crippen LogP contribution < -0.4 is 10.6 Å². The minimum Gasteiger partial charge on any atom is -0.452 e. The van der Waals surface area contributed by atoms with E-state index in [4.69, 9.17) is 9.47 Å². The molecule has 2 rings (SSSR count). The molecular weight excluding hydrogens is 414 g/mol. The first-order chi connectivity index (χ1) is 15.4. The summed E-state index contributed by atoms with van der Waals surface area (Å²) in [4.78, 5) is 49.6. The molecule has 0 aliphatic rings. The molecule has 2 N–H and O–H groups in total. The van der Waals surface area contributed by atoms with Gasteiger partial charge in [0.25, 0.3) is 11.8 Å². The molecule has 32 heavy (non-hydrogen) atoms. The highest BCUT2D eigenvalue weighted by Crippen LogP contribution is 2.13. The summed E-state index contributed by atoms with van der Waals surface area (Å²) in [5, 5.41) is 5.12. The van der Waals surface area contributed by atoms with Crippen LogP contribution >= 0.6 is 0 Å². The van der Waals surface area contributed by atoms with Crippen LogP contribution in [0.3, 0.4) is 0 Å². The van der Waals surface area contributed by atoms with Crippen molar-refractivity contribution >= 4 is 35.3 Å². The molecule has 2 aromatic rings. The zero-order valence-corrected chi connectivity index (χ0v) is 18.3. The summed E-state index contributed by atoms with van der Waals surface area (Å²) in [6.07, 6.45) is -0.593. The van der Waals surface area contributed by atoms with Gasteiger partial charge in [-0.05, 0) is 69.3 Å². The maximum atomic E-state index is 12.3. The Hall–Kier alpha value is -3.88. The summed E-state index contributed by atoms with van der Waals surface area (Å²) in [6.45, 7) is 6.52. The third-order valence-electron chi connectivity index (χ3n) is 4.44. The third-order valence-corrected chi connectivity index (χ3v) is 4.44. The molecule has 9 heteroatoms. The molecule has 0 saturated carbocycles. The number of benzene rings is 2. The molecule has 0 fully saturated rings. The van der Waals surface area contributed by atoms with Gasteiger partial charge in [0.2, 0.25) is 0 Å². The van der Waals surface area contributed by atoms with E-state index in [1.54, 1.807) is 36.1 Å². The van der Waals surface area contributed by atoms with Gasteiger partial charge in [0.05, 0.1) is 12.2 Å². The Balaban J connectivity index is 1.84. The topological polar surface area (TPSA) is 114 Å². The summed E-state index contributed by atoms with van der Waals surface area (Å²) >= 11 is 0. The van der Waals surface area contributed by atoms with Gasteiger partial charge in [-0.25, -0.2) is 9.59 Å². The zero-order chi connectivity index (χ0) is 23.5. The Bertz CT molecular complexity index is 937. The lowest BCUT2D eigenvalue weighted by molar-refractivity contribution is -0.119. The second-order valence-electron chi connectivity index (χ2n) is 6.60. The number of ether oxygens (including phenoxy) is 2. The van der Waals surface area contributed by atoms with Gasteiger partial charge in [-0.1, -0.05) is 0 Å². The Labute approximate surface area is 186 Å². The lowest BCUT2D eigenvalue weighted by Crippen LogP contribution is -2.30. The number of anilines is 2. The minimum absolute atomic E-state index is 0.0784. The quantitative estimate of drug-likeness (QED) is 0.576. The number of nitrogens with one attached hydrogen (secondary N) is 2. The molecule has 9 nitrogen and oxygen atoms in total. The standard InChI is InChI=1S/C23H27N3O6/c1-4-26(5-2)21(28)16-7-11-18(12-8-16)24-20(27)15-32-22(29)17-9-13-19(14-10-17)25-23(30)31-6-3/h7-14H,4-6,15H2,1-3H3,(H,24,27)(H,25,30). The van der Waals surface area contributed by atoms with Crippen LogP contribution in [0.5, 0.6) is 0 Å². The Morgan fingerprint density at radius 1 is 0.750 bits per heavy atom. The third kappa shape index (κ3) is 7.12. The summed E-state index contributed by atoms with van der Waals surface area (Å²) in [5.74, 6) is -1.27. The number of nitrogens with zero attached hydrogens (tertiary/aromatic N) is 1. The molecule has 3 amide bonds. The fraction of sp³-hybridized carbons (Fsp3) is 0.304. The van der Waals surface area contributed by atoms with Gasteiger partial charge in [-0.2, -0.15) is 0 Å². The van der Waals surface area contributed by atoms with E-state index in [2.05, 4.69) is 10.6 Å². The van der Waals surface area contributed by atoms with Crippen molar-refractivity contribution in [2.75, 3.05) is 36.9 Å². The first-order valence-electron chi connectivity index (χ1n) is 10.3. The number of rotatable bonds is 9. The van der Waals surface area contributed by atoms with Gasteiger partial charge in [-0.15, -0.1) is 0 Å². The van der Waals surface area contributed by atoms with Gasteiger partial charge in [-0.3, -0.25) is 14.9 Å². The molecule has 0 unspecified atom stereocenters. The maximum Gasteiger partial charge on any atom is 0.411 e. The van der Waals surface area contributed by atoms with Crippen LogP contribution in [0.4, 0.5) is 16.2 Å². The van der Waals surface area contributed by atoms with E-state index in [1.165, 1.54) is 24.3 Å². The molecule has 0 spiro atoms. The van der Waals surface area contributed by atoms with Crippen molar-refractivity contribution < 1.29 is 28.7 Å². The van der Waals surface area contributed by atoms with Crippen LogP contribution in [-0.2, 0) is 14.3 Å². The van der Waals surface area contributed by atoms with Crippen molar-refractivity contribution in [2.45, 2.75) is 20.8 Å². The average molecular weight is 441 g/mol. The van der Waals surface area contributed by atoms with Crippen LogP contribution in [0.1, 0.15) is 41.5 Å². The number of esters is 1. The van der Waals surface area contributed by atoms with Gasteiger partial charge in [0.15, 0.2) is 6.61 Å². The maximum absolute atomic E-state index is 12.3. The number of hydrogen-bond donors (Lipinski definition) is 2. The molecule has 0 heterocycles. The Morgan fingerprint density at radius 2 is 1.28 bits per heavy atom. The lowest BCUT2D eigenvalue weighted by atomic mass is 10.2. The average Bonchev–Trinajstić information content (AvgIpc) is 2.79. The minimum atomic E-state index is -0.678. The van der Waals surface area contributed by atoms with Gasteiger partial charge in [0, 0.05) is 30.0 Å². The number of hydrogen-bond acceptors (Lipinski definition) is 6. The molecule has 0 saturated heterocycles. The molecule has 0 radical (unpaired) electrons. The van der Waals surface area contributed by atoms with Crippen molar-refractivity contribution in [1.29, 1.82) is 0 Å². The van der Waals surface area contributed by atoms with Crippen molar-refractivity contribution in [2.24, 2.45) is 0 Å². The summed E-state index contributed by atoms with van der Waals surface area (Å²) in [5.41, 5.74) is 1.70. The van der Waals surface area contributed by atoms with E-state index in [0.29, 0.717) is 30.0 Å². The molecular formula is C23H27N3O6. The fourth-order valence-corrected chi connectivity index (χ4v) is 2.78. The molecule has 0 aliphatic carbocycles. The monoisotopic (exact) mass is 441 g/mol. The number of amides is 3. The van der Waals surface area contributed by atoms with Gasteiger partial charge >= 0.3 is 12.1 Å². The van der Waals surface area contributed by atoms with Crippen molar-refractivity contribution in [3.05, 3.63) is 59.7 Å². The summed E-state index contributed by atoms with van der Waals surface area (Å²) in [6, 6.07) is 12.5. The molecule has 0 bridgehead atoms. The van der Waals surface area contributed by atoms with Crippen molar-refractivity contribution in [3.8, 4) is 0 Å². The smallest absolute Gasteiger partial charge is 0.411 e. The van der Waals surface area contributed by atoms with E-state index in [1.807, 2.05) is 13.8 Å². The lowest BCUT2D eigenvalue weighted by Gasteiger charge is -2.18. The molecule has 170 valence electrons. The second-order valence-corrected chi connectivity index (χ2v) is 6.60. The first kappa shape index (κ1) is 24.4. The van der Waals surface area contributed by atoms with Crippen LogP contribution in [-0.4, -0.2) is 55.1 Å². The second kappa shape index (κ2) is 12.1. The molecule has 0 atom stereocenters. The van der Waals surface area contributed by atoms with Crippen molar-refractivity contribution in [3.63, 3.8) is 0 Å². The molecule has 0 aromatic heterocycles. The van der Waals surface area contributed by atoms with Crippen LogP contribution in [0.2, 0.25) is 0 Å². The van der Waals surface area contributed by atoms with Crippen molar-refractivity contribution in [1.82, 2.24) is 4.90 Å². The zero-order valence-electron chi connectivity index (χ0n) is 18.3. The van der Waals surface area contributed by atoms with Crippen LogP contribution in [0.25, 0.3) is 0 Å². The van der Waals surface area contributed by atoms with E-state index >= 15 is 0 Å². The summed E-state index contributed by atoms with van der Waals surface area (Å²) < 4.78 is 9.79. The summed E-state index contributed by atoms with van der Waals surface area (Å²) in [7, 11) is 0. The molecule has 0 aliphatic heterocycles. The highest BCUT2D eigenvalue weighted by atomic mass is 16.5. The predicted octanol–water partition coefficient (Wildman–Crippen LogP) is 3.53. The van der Waals surface area contributed by atoms with E-state index in [-0.39, 0.29) is 18.1 Å². The van der Waals surface area contributed by atoms with Crippen LogP contribution in [0, 0.1) is 0 Å². The highest BCUT2D eigenvalue weighted by Gasteiger charge is 2.14. The van der Waals surface area contributed by atoms with E-state index in [9.17, 15) is 19.2 Å². The van der Waals surface area contributed by atoms with Gasteiger partial charge < -0.3 is 19.7 Å².